The van der Waals surface area contributed by atoms with Crippen molar-refractivity contribution in [3.8, 4) is 11.5 Å². The molecular weight excluding hydrogens is 440 g/mol. The van der Waals surface area contributed by atoms with Gasteiger partial charge in [-0.1, -0.05) is 50.1 Å². The summed E-state index contributed by atoms with van der Waals surface area (Å²) < 4.78 is 11.1. The number of amides is 2. The number of piperidine rings is 1. The molecule has 3 aliphatic rings. The summed E-state index contributed by atoms with van der Waals surface area (Å²) in [6.45, 7) is 4.01. The number of rotatable bonds is 6. The molecule has 2 aliphatic heterocycles. The molecular formula is C29H36N2O4. The van der Waals surface area contributed by atoms with Crippen LogP contribution in [-0.2, 0) is 16.0 Å². The Hall–Kier alpha value is -3.02. The molecule has 0 aromatic heterocycles. The van der Waals surface area contributed by atoms with E-state index in [9.17, 15) is 9.59 Å². The number of carbonyl (C=O) groups excluding carboxylic acids is 2. The van der Waals surface area contributed by atoms with E-state index in [4.69, 9.17) is 9.47 Å². The Morgan fingerprint density at radius 2 is 1.57 bits per heavy atom. The second-order valence-corrected chi connectivity index (χ2v) is 10.5. The van der Waals surface area contributed by atoms with Crippen LogP contribution in [0.4, 0.5) is 0 Å². The number of hydrogen-bond donors (Lipinski definition) is 0. The van der Waals surface area contributed by atoms with E-state index in [0.29, 0.717) is 5.75 Å². The molecule has 5 rings (SSSR count). The van der Waals surface area contributed by atoms with Crippen molar-refractivity contribution in [3.05, 3.63) is 60.2 Å². The monoisotopic (exact) mass is 476 g/mol. The highest BCUT2D eigenvalue weighted by Gasteiger charge is 2.63. The van der Waals surface area contributed by atoms with E-state index >= 15 is 0 Å². The van der Waals surface area contributed by atoms with E-state index in [1.807, 2.05) is 42.5 Å². The molecule has 2 aromatic rings. The van der Waals surface area contributed by atoms with Crippen LogP contribution in [-0.4, -0.2) is 59.5 Å². The number of fused-ring (bicyclic) bond motifs is 1. The molecule has 0 N–H and O–H groups in total. The summed E-state index contributed by atoms with van der Waals surface area (Å²) in [5, 5.41) is 0. The summed E-state index contributed by atoms with van der Waals surface area (Å²) in [6, 6.07) is 17.9. The molecule has 2 bridgehead atoms. The summed E-state index contributed by atoms with van der Waals surface area (Å²) in [5.41, 5.74) is 1.11. The summed E-state index contributed by atoms with van der Waals surface area (Å²) >= 11 is 0. The van der Waals surface area contributed by atoms with Gasteiger partial charge in [0.25, 0.3) is 5.91 Å². The third-order valence-electron chi connectivity index (χ3n) is 8.57. The van der Waals surface area contributed by atoms with E-state index in [0.717, 1.165) is 44.3 Å². The molecule has 3 fully saturated rings. The largest absolute Gasteiger partial charge is 0.497 e. The lowest BCUT2D eigenvalue weighted by atomic mass is 9.69. The summed E-state index contributed by atoms with van der Waals surface area (Å²) in [5.74, 6) is 1.54. The quantitative estimate of drug-likeness (QED) is 0.618. The van der Waals surface area contributed by atoms with E-state index < -0.39 is 0 Å². The molecule has 1 saturated carbocycles. The number of nitrogens with zero attached hydrogens (tertiary/aromatic N) is 2. The van der Waals surface area contributed by atoms with Crippen LogP contribution in [0.1, 0.15) is 51.5 Å². The van der Waals surface area contributed by atoms with Crippen LogP contribution in [0.3, 0.4) is 0 Å². The number of benzene rings is 2. The van der Waals surface area contributed by atoms with Gasteiger partial charge >= 0.3 is 0 Å². The maximum absolute atomic E-state index is 13.8. The van der Waals surface area contributed by atoms with Crippen LogP contribution in [0.15, 0.2) is 54.6 Å². The highest BCUT2D eigenvalue weighted by molar-refractivity contribution is 5.80. The number of hydrogen-bond acceptors (Lipinski definition) is 4. The van der Waals surface area contributed by atoms with Gasteiger partial charge in [-0.15, -0.1) is 0 Å². The van der Waals surface area contributed by atoms with Gasteiger partial charge < -0.3 is 19.3 Å². The van der Waals surface area contributed by atoms with Gasteiger partial charge in [0.05, 0.1) is 19.2 Å². The van der Waals surface area contributed by atoms with Gasteiger partial charge in [-0.25, -0.2) is 0 Å². The van der Waals surface area contributed by atoms with E-state index in [-0.39, 0.29) is 48.0 Å². The Morgan fingerprint density at radius 3 is 2.20 bits per heavy atom. The fraction of sp³-hybridized carbons (Fsp3) is 0.517. The lowest BCUT2D eigenvalue weighted by Gasteiger charge is -2.50. The van der Waals surface area contributed by atoms with Gasteiger partial charge in [-0.05, 0) is 55.5 Å². The fourth-order valence-corrected chi connectivity index (χ4v) is 7.05. The van der Waals surface area contributed by atoms with Crippen molar-refractivity contribution >= 4 is 11.8 Å². The second kappa shape index (κ2) is 9.56. The topological polar surface area (TPSA) is 59.1 Å². The lowest BCUT2D eigenvalue weighted by Crippen LogP contribution is -2.61. The first-order valence-corrected chi connectivity index (χ1v) is 12.8. The average molecular weight is 477 g/mol. The molecule has 2 saturated heterocycles. The van der Waals surface area contributed by atoms with Crippen LogP contribution in [0, 0.1) is 5.41 Å². The van der Waals surface area contributed by atoms with E-state index in [1.54, 1.807) is 14.0 Å². The molecule has 2 heterocycles. The Bertz CT molecular complexity index is 1060. The minimum Gasteiger partial charge on any atom is -0.497 e. The van der Waals surface area contributed by atoms with Crippen LogP contribution >= 0.6 is 0 Å². The normalized spacial score (nSPS) is 29.5. The van der Waals surface area contributed by atoms with Crippen molar-refractivity contribution in [1.82, 2.24) is 9.80 Å². The maximum Gasteiger partial charge on any atom is 0.261 e. The van der Waals surface area contributed by atoms with Crippen LogP contribution < -0.4 is 9.47 Å². The minimum absolute atomic E-state index is 0.00178. The van der Waals surface area contributed by atoms with Gasteiger partial charge in [0.15, 0.2) is 6.61 Å². The standard InChI is InChI=1S/C29H36N2O4/c1-20(32)30-24(17-21-9-5-4-6-10-21)25-18-29(2)26(30)11-7-8-12-27(29)31(25)28(33)19-35-23-15-13-22(34-3)14-16-23/h4-6,9-10,13-16,24-27H,7-8,11-12,17-19H2,1-3H3/t24-,25-,26+,27-,29+/m0/s1. The van der Waals surface area contributed by atoms with Crippen molar-refractivity contribution < 1.29 is 19.1 Å². The fourth-order valence-electron chi connectivity index (χ4n) is 7.05. The Labute approximate surface area is 208 Å². The van der Waals surface area contributed by atoms with Gasteiger partial charge in [-0.2, -0.15) is 0 Å². The van der Waals surface area contributed by atoms with Crippen molar-refractivity contribution in [2.75, 3.05) is 13.7 Å². The molecule has 0 radical (unpaired) electrons. The SMILES string of the molecule is COc1ccc(OCC(=O)N2[C@H]3CCCC[C@H]4N(C(C)=O)[C@@H](Cc5ccccc5)[C@@H]2C[C@@]34C)cc1. The lowest BCUT2D eigenvalue weighted by molar-refractivity contribution is -0.143. The zero-order valence-electron chi connectivity index (χ0n) is 21.0. The van der Waals surface area contributed by atoms with Gasteiger partial charge in [0.2, 0.25) is 5.91 Å². The highest BCUT2D eigenvalue weighted by Crippen LogP contribution is 2.55. The molecule has 2 aromatic carbocycles. The maximum atomic E-state index is 13.8. The van der Waals surface area contributed by atoms with Gasteiger partial charge in [0, 0.05) is 24.4 Å². The number of carbonyl (C=O) groups is 2. The first-order chi connectivity index (χ1) is 16.9. The van der Waals surface area contributed by atoms with Gasteiger partial charge in [-0.3, -0.25) is 9.59 Å². The minimum atomic E-state index is -0.0875. The van der Waals surface area contributed by atoms with Crippen molar-refractivity contribution in [3.63, 3.8) is 0 Å². The molecule has 6 nitrogen and oxygen atoms in total. The summed E-state index contributed by atoms with van der Waals surface area (Å²) in [6.07, 6.45) is 5.87. The van der Waals surface area contributed by atoms with Crippen molar-refractivity contribution in [1.29, 1.82) is 0 Å². The summed E-state index contributed by atoms with van der Waals surface area (Å²) in [4.78, 5) is 31.2. The van der Waals surface area contributed by atoms with Crippen molar-refractivity contribution in [2.45, 2.75) is 76.5 Å². The third-order valence-corrected chi connectivity index (χ3v) is 8.57. The Morgan fingerprint density at radius 1 is 0.943 bits per heavy atom. The van der Waals surface area contributed by atoms with E-state index in [1.165, 1.54) is 5.56 Å². The van der Waals surface area contributed by atoms with Crippen LogP contribution in [0.25, 0.3) is 0 Å². The zero-order valence-corrected chi connectivity index (χ0v) is 21.0. The molecule has 5 atom stereocenters. The molecule has 35 heavy (non-hydrogen) atoms. The molecule has 6 heteroatoms. The smallest absolute Gasteiger partial charge is 0.261 e. The Kier molecular flexibility index (Phi) is 6.47. The molecule has 0 spiro atoms. The molecule has 2 amide bonds. The number of ether oxygens (including phenoxy) is 2. The predicted molar refractivity (Wildman–Crippen MR) is 134 cm³/mol. The Balaban J connectivity index is 1.45. The van der Waals surface area contributed by atoms with Crippen molar-refractivity contribution in [2.24, 2.45) is 5.41 Å². The second-order valence-electron chi connectivity index (χ2n) is 10.5. The molecule has 186 valence electrons. The first-order valence-electron chi connectivity index (χ1n) is 12.8. The highest BCUT2D eigenvalue weighted by atomic mass is 16.5. The molecule has 0 unspecified atom stereocenters. The molecule has 1 aliphatic carbocycles. The number of likely N-dealkylation sites (tertiary alicyclic amines) is 2. The van der Waals surface area contributed by atoms with Crippen LogP contribution in [0.2, 0.25) is 0 Å². The van der Waals surface area contributed by atoms with Gasteiger partial charge in [0.1, 0.15) is 11.5 Å². The first kappa shape index (κ1) is 23.7. The third kappa shape index (κ3) is 4.28. The van der Waals surface area contributed by atoms with E-state index in [2.05, 4.69) is 28.9 Å². The predicted octanol–water partition coefficient (Wildman–Crippen LogP) is 4.47. The van der Waals surface area contributed by atoms with Crippen LogP contribution in [0.5, 0.6) is 11.5 Å². The zero-order chi connectivity index (χ0) is 24.6. The average Bonchev–Trinajstić information content (AvgIpc) is 3.01. The number of methoxy groups -OCH3 is 1. The summed E-state index contributed by atoms with van der Waals surface area (Å²) in [7, 11) is 1.63.